The Morgan fingerprint density at radius 1 is 0.889 bits per heavy atom. The maximum Gasteiger partial charge on any atom is 0.142 e. The zero-order chi connectivity index (χ0) is 18.8. The Morgan fingerprint density at radius 3 is 2.33 bits per heavy atom. The monoisotopic (exact) mass is 384 g/mol. The van der Waals surface area contributed by atoms with Gasteiger partial charge in [0.05, 0.1) is 5.02 Å². The van der Waals surface area contributed by atoms with Gasteiger partial charge in [0.2, 0.25) is 0 Å². The molecule has 144 valence electrons. The topological polar surface area (TPSA) is 0 Å². The Morgan fingerprint density at radius 2 is 1.59 bits per heavy atom. The summed E-state index contributed by atoms with van der Waals surface area (Å²) in [4.78, 5) is 0. The van der Waals surface area contributed by atoms with Crippen molar-refractivity contribution in [1.29, 1.82) is 0 Å². The lowest BCUT2D eigenvalue weighted by Crippen LogP contribution is -2.30. The van der Waals surface area contributed by atoms with Crippen LogP contribution in [0.1, 0.15) is 69.8 Å². The van der Waals surface area contributed by atoms with E-state index in [1.54, 1.807) is 6.07 Å². The summed E-state index contributed by atoms with van der Waals surface area (Å²) in [6.45, 7) is 2.32. The van der Waals surface area contributed by atoms with Crippen molar-refractivity contribution in [2.24, 2.45) is 17.8 Å². The molecule has 0 saturated heterocycles. The molecule has 0 heterocycles. The molecule has 2 aromatic carbocycles. The third-order valence-electron chi connectivity index (χ3n) is 7.05. The van der Waals surface area contributed by atoms with Crippen LogP contribution in [0.3, 0.4) is 0 Å². The van der Waals surface area contributed by atoms with E-state index in [-0.39, 0.29) is 10.8 Å². The predicted octanol–water partition coefficient (Wildman–Crippen LogP) is 8.25. The molecule has 0 bridgehead atoms. The molecule has 4 unspecified atom stereocenters. The van der Waals surface area contributed by atoms with Gasteiger partial charge in [0.1, 0.15) is 5.82 Å². The lowest BCUT2D eigenvalue weighted by molar-refractivity contribution is 0.114. The molecule has 2 aliphatic carbocycles. The Bertz CT molecular complexity index is 766. The molecule has 2 aliphatic rings. The minimum atomic E-state index is -0.352. The molecule has 0 radical (unpaired) electrons. The van der Waals surface area contributed by atoms with Crippen molar-refractivity contribution in [3.05, 3.63) is 58.9 Å². The number of halogens is 2. The molecule has 2 heteroatoms. The third-order valence-corrected chi connectivity index (χ3v) is 7.36. The number of benzene rings is 2. The average molecular weight is 385 g/mol. The molecule has 0 spiro atoms. The van der Waals surface area contributed by atoms with Crippen molar-refractivity contribution >= 4 is 11.6 Å². The highest BCUT2D eigenvalue weighted by molar-refractivity contribution is 6.30. The van der Waals surface area contributed by atoms with E-state index < -0.39 is 0 Å². The van der Waals surface area contributed by atoms with E-state index >= 15 is 0 Å². The molecule has 4 atom stereocenters. The van der Waals surface area contributed by atoms with Gasteiger partial charge in [0, 0.05) is 0 Å². The van der Waals surface area contributed by atoms with E-state index in [9.17, 15) is 4.39 Å². The van der Waals surface area contributed by atoms with Gasteiger partial charge in [-0.3, -0.25) is 0 Å². The highest BCUT2D eigenvalue weighted by atomic mass is 35.5. The summed E-state index contributed by atoms with van der Waals surface area (Å²) >= 11 is 5.80. The van der Waals surface area contributed by atoms with Crippen LogP contribution < -0.4 is 0 Å². The minimum absolute atomic E-state index is 0.181. The molecule has 2 saturated carbocycles. The molecule has 2 aromatic rings. The third kappa shape index (κ3) is 4.24. The largest absolute Gasteiger partial charge is 0.205 e. The molecular formula is C25H30ClF. The standard InChI is InChI=1S/C25H30ClF/c1-2-3-17-4-5-22-15-21(11-10-20(22)14-17)18-6-8-19(9-7-18)23-12-13-24(26)25(27)16-23/h6-9,12-13,16-17,20-22H,2-5,10-11,14-15H2,1H3. The number of rotatable bonds is 4. The van der Waals surface area contributed by atoms with Crippen LogP contribution in [0.15, 0.2) is 42.5 Å². The van der Waals surface area contributed by atoms with E-state index in [2.05, 4.69) is 31.2 Å². The summed E-state index contributed by atoms with van der Waals surface area (Å²) in [5.41, 5.74) is 3.41. The maximum absolute atomic E-state index is 13.7. The Hall–Kier alpha value is -1.34. The fourth-order valence-electron chi connectivity index (χ4n) is 5.58. The first kappa shape index (κ1) is 19.0. The van der Waals surface area contributed by atoms with Crippen LogP contribution in [0.5, 0.6) is 0 Å². The number of hydrogen-bond acceptors (Lipinski definition) is 0. The van der Waals surface area contributed by atoms with Crippen molar-refractivity contribution in [2.45, 2.75) is 64.2 Å². The molecule has 2 fully saturated rings. The number of hydrogen-bond donors (Lipinski definition) is 0. The second kappa shape index (κ2) is 8.35. The fraction of sp³-hybridized carbons (Fsp3) is 0.520. The van der Waals surface area contributed by atoms with E-state index in [1.807, 2.05) is 6.07 Å². The van der Waals surface area contributed by atoms with Crippen LogP contribution in [0.2, 0.25) is 5.02 Å². The molecule has 0 nitrogen and oxygen atoms in total. The highest BCUT2D eigenvalue weighted by Gasteiger charge is 2.35. The van der Waals surface area contributed by atoms with E-state index in [0.29, 0.717) is 5.92 Å². The summed E-state index contributed by atoms with van der Waals surface area (Å²) in [6.07, 6.45) is 11.2. The van der Waals surface area contributed by atoms with Gasteiger partial charge in [-0.25, -0.2) is 4.39 Å². The van der Waals surface area contributed by atoms with Gasteiger partial charge in [-0.1, -0.05) is 68.1 Å². The lowest BCUT2D eigenvalue weighted by atomic mass is 9.63. The summed E-state index contributed by atoms with van der Waals surface area (Å²) in [6, 6.07) is 13.9. The zero-order valence-corrected chi connectivity index (χ0v) is 17.0. The summed E-state index contributed by atoms with van der Waals surface area (Å²) < 4.78 is 13.7. The van der Waals surface area contributed by atoms with Gasteiger partial charge >= 0.3 is 0 Å². The Kier molecular flexibility index (Phi) is 5.88. The van der Waals surface area contributed by atoms with Gasteiger partial charge in [0.25, 0.3) is 0 Å². The molecule has 27 heavy (non-hydrogen) atoms. The second-order valence-corrected chi connectivity index (χ2v) is 9.16. The first-order chi connectivity index (χ1) is 13.1. The van der Waals surface area contributed by atoms with Crippen molar-refractivity contribution in [2.75, 3.05) is 0 Å². The van der Waals surface area contributed by atoms with Crippen LogP contribution in [0, 0.1) is 23.6 Å². The molecule has 0 amide bonds. The predicted molar refractivity (Wildman–Crippen MR) is 113 cm³/mol. The smallest absolute Gasteiger partial charge is 0.142 e. The quantitative estimate of drug-likeness (QED) is 0.497. The van der Waals surface area contributed by atoms with Crippen molar-refractivity contribution in [3.63, 3.8) is 0 Å². The fourth-order valence-corrected chi connectivity index (χ4v) is 5.70. The summed E-state index contributed by atoms with van der Waals surface area (Å²) in [5, 5.41) is 0.181. The van der Waals surface area contributed by atoms with Crippen molar-refractivity contribution < 1.29 is 4.39 Å². The normalized spacial score (nSPS) is 28.0. The van der Waals surface area contributed by atoms with Crippen molar-refractivity contribution in [3.8, 4) is 11.1 Å². The van der Waals surface area contributed by atoms with Crippen molar-refractivity contribution in [1.82, 2.24) is 0 Å². The van der Waals surface area contributed by atoms with Crippen LogP contribution >= 0.6 is 11.6 Å². The minimum Gasteiger partial charge on any atom is -0.205 e. The van der Waals surface area contributed by atoms with Gasteiger partial charge < -0.3 is 0 Å². The molecule has 4 rings (SSSR count). The second-order valence-electron chi connectivity index (χ2n) is 8.75. The molecule has 0 N–H and O–H groups in total. The zero-order valence-electron chi connectivity index (χ0n) is 16.3. The first-order valence-corrected chi connectivity index (χ1v) is 11.1. The lowest BCUT2D eigenvalue weighted by Gasteiger charge is -2.42. The van der Waals surface area contributed by atoms with Gasteiger partial charge in [0.15, 0.2) is 0 Å². The summed E-state index contributed by atoms with van der Waals surface area (Å²) in [5.74, 6) is 3.25. The highest BCUT2D eigenvalue weighted by Crippen LogP contribution is 2.48. The van der Waals surface area contributed by atoms with Crippen LogP contribution in [0.25, 0.3) is 11.1 Å². The molecule has 0 aromatic heterocycles. The molecular weight excluding hydrogens is 355 g/mol. The SMILES string of the molecule is CCCC1CCC2CC(c3ccc(-c4ccc(Cl)c(F)c4)cc3)CCC2C1. The molecule has 0 aliphatic heterocycles. The van der Waals surface area contributed by atoms with Gasteiger partial charge in [-0.05, 0) is 84.6 Å². The van der Waals surface area contributed by atoms with Gasteiger partial charge in [-0.15, -0.1) is 0 Å². The summed E-state index contributed by atoms with van der Waals surface area (Å²) in [7, 11) is 0. The maximum atomic E-state index is 13.7. The number of fused-ring (bicyclic) bond motifs is 1. The van der Waals surface area contributed by atoms with E-state index in [4.69, 9.17) is 11.6 Å². The van der Waals surface area contributed by atoms with E-state index in [1.165, 1.54) is 63.0 Å². The Balaban J connectivity index is 1.42. The Labute approximate surface area is 168 Å². The van der Waals surface area contributed by atoms with Gasteiger partial charge in [-0.2, -0.15) is 0 Å². The average Bonchev–Trinajstić information content (AvgIpc) is 2.70. The van der Waals surface area contributed by atoms with Crippen LogP contribution in [-0.2, 0) is 0 Å². The van der Waals surface area contributed by atoms with Crippen LogP contribution in [0.4, 0.5) is 4.39 Å². The first-order valence-electron chi connectivity index (χ1n) is 10.7. The van der Waals surface area contributed by atoms with Crippen LogP contribution in [-0.4, -0.2) is 0 Å². The van der Waals surface area contributed by atoms with E-state index in [0.717, 1.165) is 28.9 Å².